The molecule has 1 unspecified atom stereocenters. The molecule has 0 radical (unpaired) electrons. The average molecular weight is 175 g/mol. The minimum absolute atomic E-state index is 0.0346. The summed E-state index contributed by atoms with van der Waals surface area (Å²) in [4.78, 5) is 0. The van der Waals surface area contributed by atoms with E-state index in [1.165, 1.54) is 0 Å². The van der Waals surface area contributed by atoms with Gasteiger partial charge in [0.05, 0.1) is 18.6 Å². The van der Waals surface area contributed by atoms with Crippen LogP contribution in [0.15, 0.2) is 18.2 Å². The quantitative estimate of drug-likeness (QED) is 0.748. The number of benzene rings is 1. The molecule has 1 atom stereocenters. The monoisotopic (exact) mass is 175 g/mol. The van der Waals surface area contributed by atoms with Crippen molar-refractivity contribution in [3.05, 3.63) is 34.9 Å². The van der Waals surface area contributed by atoms with Gasteiger partial charge in [-0.25, -0.2) is 0 Å². The normalized spacial score (nSPS) is 12.2. The van der Waals surface area contributed by atoms with Gasteiger partial charge in [-0.3, -0.25) is 0 Å². The molecule has 1 rings (SSSR count). The Morgan fingerprint density at radius 1 is 1.46 bits per heavy atom. The van der Waals surface area contributed by atoms with Gasteiger partial charge in [-0.1, -0.05) is 23.8 Å². The van der Waals surface area contributed by atoms with Crippen LogP contribution < -0.4 is 0 Å². The maximum atomic E-state index is 8.96. The third-order valence-electron chi connectivity index (χ3n) is 2.04. The molecule has 0 bridgehead atoms. The summed E-state index contributed by atoms with van der Waals surface area (Å²) in [6.07, 6.45) is 0. The highest BCUT2D eigenvalue weighted by molar-refractivity contribution is 5.33. The van der Waals surface area contributed by atoms with Crippen LogP contribution in [0.3, 0.4) is 0 Å². The number of hydrogen-bond donors (Lipinski definition) is 1. The van der Waals surface area contributed by atoms with Crippen LogP contribution in [0.25, 0.3) is 0 Å². The second-order valence-corrected chi connectivity index (χ2v) is 3.26. The summed E-state index contributed by atoms with van der Waals surface area (Å²) in [5, 5.41) is 17.7. The van der Waals surface area contributed by atoms with Crippen LogP contribution in [0.2, 0.25) is 0 Å². The van der Waals surface area contributed by atoms with Crippen molar-refractivity contribution < 1.29 is 5.11 Å². The first-order chi connectivity index (χ1) is 6.17. The van der Waals surface area contributed by atoms with Gasteiger partial charge in [0.1, 0.15) is 0 Å². The lowest BCUT2D eigenvalue weighted by atomic mass is 9.98. The Balaban J connectivity index is 3.10. The average Bonchev–Trinajstić information content (AvgIpc) is 2.15. The molecule has 1 aromatic rings. The standard InChI is InChI=1S/C11H13NO/c1-8-3-10(7-13)5-11(4-8)9(2)6-12/h3-5,9,13H,7H2,1-2H3. The summed E-state index contributed by atoms with van der Waals surface area (Å²) < 4.78 is 0. The van der Waals surface area contributed by atoms with Crippen molar-refractivity contribution in [1.29, 1.82) is 5.26 Å². The van der Waals surface area contributed by atoms with Gasteiger partial charge in [-0.15, -0.1) is 0 Å². The lowest BCUT2D eigenvalue weighted by Crippen LogP contribution is -1.93. The van der Waals surface area contributed by atoms with E-state index in [1.807, 2.05) is 32.0 Å². The third kappa shape index (κ3) is 2.30. The van der Waals surface area contributed by atoms with Gasteiger partial charge in [0.25, 0.3) is 0 Å². The number of aryl methyl sites for hydroxylation is 1. The van der Waals surface area contributed by atoms with Crippen LogP contribution in [0.5, 0.6) is 0 Å². The summed E-state index contributed by atoms with van der Waals surface area (Å²) in [7, 11) is 0. The Morgan fingerprint density at radius 3 is 2.69 bits per heavy atom. The molecule has 0 saturated heterocycles. The topological polar surface area (TPSA) is 44.0 Å². The zero-order valence-electron chi connectivity index (χ0n) is 7.91. The second-order valence-electron chi connectivity index (χ2n) is 3.26. The van der Waals surface area contributed by atoms with Gasteiger partial charge in [0.15, 0.2) is 0 Å². The maximum Gasteiger partial charge on any atom is 0.0700 e. The highest BCUT2D eigenvalue weighted by Crippen LogP contribution is 2.18. The van der Waals surface area contributed by atoms with Gasteiger partial charge < -0.3 is 5.11 Å². The number of hydrogen-bond acceptors (Lipinski definition) is 2. The fourth-order valence-electron chi connectivity index (χ4n) is 1.31. The first-order valence-corrected chi connectivity index (χ1v) is 4.28. The minimum atomic E-state index is -0.106. The highest BCUT2D eigenvalue weighted by atomic mass is 16.3. The van der Waals surface area contributed by atoms with Gasteiger partial charge >= 0.3 is 0 Å². The van der Waals surface area contributed by atoms with Crippen LogP contribution in [0.1, 0.15) is 29.5 Å². The predicted molar refractivity (Wildman–Crippen MR) is 51.1 cm³/mol. The van der Waals surface area contributed by atoms with E-state index >= 15 is 0 Å². The van der Waals surface area contributed by atoms with Crippen LogP contribution in [0.4, 0.5) is 0 Å². The largest absolute Gasteiger partial charge is 0.392 e. The number of nitriles is 1. The number of rotatable bonds is 2. The lowest BCUT2D eigenvalue weighted by Gasteiger charge is -2.06. The van der Waals surface area contributed by atoms with Gasteiger partial charge in [0, 0.05) is 0 Å². The Kier molecular flexibility index (Phi) is 3.05. The van der Waals surface area contributed by atoms with Gasteiger partial charge in [-0.05, 0) is 25.0 Å². The number of aliphatic hydroxyl groups is 1. The Labute approximate surface area is 78.4 Å². The van der Waals surface area contributed by atoms with Crippen molar-refractivity contribution in [3.8, 4) is 6.07 Å². The summed E-state index contributed by atoms with van der Waals surface area (Å²) in [5.41, 5.74) is 2.94. The molecular formula is C11H13NO. The Hall–Kier alpha value is -1.33. The minimum Gasteiger partial charge on any atom is -0.392 e. The Morgan fingerprint density at radius 2 is 2.15 bits per heavy atom. The summed E-state index contributed by atoms with van der Waals surface area (Å²) in [6.45, 7) is 3.86. The van der Waals surface area contributed by atoms with E-state index in [0.29, 0.717) is 0 Å². The first-order valence-electron chi connectivity index (χ1n) is 4.28. The zero-order chi connectivity index (χ0) is 9.84. The molecule has 0 aliphatic carbocycles. The molecule has 0 amide bonds. The Bertz CT molecular complexity index is 338. The van der Waals surface area contributed by atoms with E-state index in [9.17, 15) is 0 Å². The molecule has 0 saturated carbocycles. The highest BCUT2D eigenvalue weighted by Gasteiger charge is 2.05. The molecule has 0 aromatic heterocycles. The molecule has 13 heavy (non-hydrogen) atoms. The summed E-state index contributed by atoms with van der Waals surface area (Å²) in [5.74, 6) is -0.106. The fraction of sp³-hybridized carbons (Fsp3) is 0.364. The van der Waals surface area contributed by atoms with E-state index in [-0.39, 0.29) is 12.5 Å². The molecule has 1 N–H and O–H groups in total. The van der Waals surface area contributed by atoms with E-state index in [0.717, 1.165) is 16.7 Å². The van der Waals surface area contributed by atoms with Crippen LogP contribution in [-0.4, -0.2) is 5.11 Å². The van der Waals surface area contributed by atoms with Crippen molar-refractivity contribution in [2.75, 3.05) is 0 Å². The molecule has 0 fully saturated rings. The fourth-order valence-corrected chi connectivity index (χ4v) is 1.31. The van der Waals surface area contributed by atoms with Crippen molar-refractivity contribution >= 4 is 0 Å². The van der Waals surface area contributed by atoms with Crippen molar-refractivity contribution in [2.24, 2.45) is 0 Å². The molecule has 0 aliphatic heterocycles. The molecule has 2 nitrogen and oxygen atoms in total. The summed E-state index contributed by atoms with van der Waals surface area (Å²) in [6, 6.07) is 7.96. The van der Waals surface area contributed by atoms with Gasteiger partial charge in [0.2, 0.25) is 0 Å². The molecule has 2 heteroatoms. The van der Waals surface area contributed by atoms with Crippen molar-refractivity contribution in [3.63, 3.8) is 0 Å². The predicted octanol–water partition coefficient (Wildman–Crippen LogP) is 2.11. The van der Waals surface area contributed by atoms with E-state index in [1.54, 1.807) is 0 Å². The number of nitrogens with zero attached hydrogens (tertiary/aromatic N) is 1. The molecule has 0 heterocycles. The third-order valence-corrected chi connectivity index (χ3v) is 2.04. The molecule has 0 aliphatic rings. The van der Waals surface area contributed by atoms with Crippen molar-refractivity contribution in [2.45, 2.75) is 26.4 Å². The molecule has 68 valence electrons. The van der Waals surface area contributed by atoms with E-state index < -0.39 is 0 Å². The maximum absolute atomic E-state index is 8.96. The van der Waals surface area contributed by atoms with Crippen LogP contribution in [-0.2, 0) is 6.61 Å². The SMILES string of the molecule is Cc1cc(CO)cc(C(C)C#N)c1. The lowest BCUT2D eigenvalue weighted by molar-refractivity contribution is 0.281. The first kappa shape index (κ1) is 9.76. The van der Waals surface area contributed by atoms with Crippen LogP contribution >= 0.6 is 0 Å². The van der Waals surface area contributed by atoms with E-state index in [4.69, 9.17) is 10.4 Å². The smallest absolute Gasteiger partial charge is 0.0700 e. The molecule has 0 spiro atoms. The number of aliphatic hydroxyl groups excluding tert-OH is 1. The summed E-state index contributed by atoms with van der Waals surface area (Å²) >= 11 is 0. The van der Waals surface area contributed by atoms with Gasteiger partial charge in [-0.2, -0.15) is 5.26 Å². The zero-order valence-corrected chi connectivity index (χ0v) is 7.91. The molecule has 1 aromatic carbocycles. The van der Waals surface area contributed by atoms with Crippen molar-refractivity contribution in [1.82, 2.24) is 0 Å². The second kappa shape index (κ2) is 4.06. The molecular weight excluding hydrogens is 162 g/mol. The van der Waals surface area contributed by atoms with E-state index in [2.05, 4.69) is 6.07 Å². The van der Waals surface area contributed by atoms with Crippen LogP contribution in [0, 0.1) is 18.3 Å².